The van der Waals surface area contributed by atoms with Gasteiger partial charge < -0.3 is 10.7 Å². The van der Waals surface area contributed by atoms with Crippen LogP contribution in [0.5, 0.6) is 0 Å². The number of aromatic amines is 1. The molecule has 0 fully saturated rings. The topological polar surface area (TPSA) is 41.8 Å². The number of fused-ring (bicyclic) bond motifs is 1. The van der Waals surface area contributed by atoms with E-state index in [1.165, 1.54) is 15.8 Å². The lowest BCUT2D eigenvalue weighted by atomic mass is 10.1. The quantitative estimate of drug-likeness (QED) is 0.746. The standard InChI is InChI=1S/C16H15ClN2S/c17-13-5-6-15(12(9-13)7-8-18)20-16-10-11-3-1-2-4-14(11)19-16/h1-6,9-10,19H,7-8,18H2. The van der Waals surface area contributed by atoms with Gasteiger partial charge in [-0.25, -0.2) is 0 Å². The summed E-state index contributed by atoms with van der Waals surface area (Å²) in [4.78, 5) is 4.63. The molecule has 0 bridgehead atoms. The number of nitrogens with two attached hydrogens (primary N) is 1. The lowest BCUT2D eigenvalue weighted by Gasteiger charge is -2.07. The summed E-state index contributed by atoms with van der Waals surface area (Å²) < 4.78 is 0. The predicted octanol–water partition coefficient (Wildman–Crippen LogP) is 4.47. The molecule has 4 heteroatoms. The number of H-pyrrole nitrogens is 1. The first kappa shape index (κ1) is 13.6. The number of nitrogens with one attached hydrogen (secondary N) is 1. The Labute approximate surface area is 127 Å². The molecule has 2 nitrogen and oxygen atoms in total. The van der Waals surface area contributed by atoms with Crippen molar-refractivity contribution in [2.45, 2.75) is 16.3 Å². The fraction of sp³-hybridized carbons (Fsp3) is 0.125. The van der Waals surface area contributed by atoms with E-state index in [2.05, 4.69) is 29.2 Å². The molecule has 0 saturated carbocycles. The first-order chi connectivity index (χ1) is 9.76. The van der Waals surface area contributed by atoms with Crippen LogP contribution in [0.1, 0.15) is 5.56 Å². The zero-order chi connectivity index (χ0) is 13.9. The minimum absolute atomic E-state index is 0.626. The van der Waals surface area contributed by atoms with Crippen LogP contribution >= 0.6 is 23.4 Å². The van der Waals surface area contributed by atoms with Crippen molar-refractivity contribution in [3.63, 3.8) is 0 Å². The summed E-state index contributed by atoms with van der Waals surface area (Å²) in [5, 5.41) is 3.12. The van der Waals surface area contributed by atoms with Crippen molar-refractivity contribution in [3.05, 3.63) is 59.1 Å². The molecule has 102 valence electrons. The molecule has 1 heterocycles. The second-order valence-electron chi connectivity index (χ2n) is 4.61. The molecular formula is C16H15ClN2S. The van der Waals surface area contributed by atoms with E-state index in [0.29, 0.717) is 6.54 Å². The highest BCUT2D eigenvalue weighted by atomic mass is 35.5. The molecule has 0 amide bonds. The summed E-state index contributed by atoms with van der Waals surface area (Å²) >= 11 is 7.78. The molecule has 3 N–H and O–H groups in total. The van der Waals surface area contributed by atoms with Gasteiger partial charge in [-0.3, -0.25) is 0 Å². The molecule has 1 aromatic heterocycles. The molecule has 0 saturated heterocycles. The lowest BCUT2D eigenvalue weighted by Crippen LogP contribution is -2.03. The zero-order valence-corrected chi connectivity index (χ0v) is 12.5. The van der Waals surface area contributed by atoms with Crippen LogP contribution in [0, 0.1) is 0 Å². The molecule has 0 unspecified atom stereocenters. The Morgan fingerprint density at radius 1 is 1.10 bits per heavy atom. The van der Waals surface area contributed by atoms with Gasteiger partial charge in [-0.1, -0.05) is 41.6 Å². The van der Waals surface area contributed by atoms with E-state index in [4.69, 9.17) is 17.3 Å². The van der Waals surface area contributed by atoms with E-state index in [1.54, 1.807) is 11.8 Å². The average molecular weight is 303 g/mol. The van der Waals surface area contributed by atoms with Crippen molar-refractivity contribution in [1.82, 2.24) is 4.98 Å². The Bertz CT molecular complexity index is 703. The minimum Gasteiger partial charge on any atom is -0.349 e. The Morgan fingerprint density at radius 3 is 2.75 bits per heavy atom. The molecule has 0 atom stereocenters. The van der Waals surface area contributed by atoms with Crippen molar-refractivity contribution in [2.75, 3.05) is 6.54 Å². The number of hydrogen-bond acceptors (Lipinski definition) is 2. The summed E-state index contributed by atoms with van der Waals surface area (Å²) in [6.07, 6.45) is 0.836. The minimum atomic E-state index is 0.626. The van der Waals surface area contributed by atoms with Crippen LogP contribution < -0.4 is 5.73 Å². The van der Waals surface area contributed by atoms with E-state index < -0.39 is 0 Å². The molecule has 0 radical (unpaired) electrons. The maximum atomic E-state index is 6.06. The summed E-state index contributed by atoms with van der Waals surface area (Å²) in [6.45, 7) is 0.626. The van der Waals surface area contributed by atoms with E-state index in [9.17, 15) is 0 Å². The first-order valence-electron chi connectivity index (χ1n) is 6.50. The number of aromatic nitrogens is 1. The maximum absolute atomic E-state index is 6.06. The van der Waals surface area contributed by atoms with Gasteiger partial charge in [0, 0.05) is 20.8 Å². The van der Waals surface area contributed by atoms with Crippen LogP contribution in [0.2, 0.25) is 5.02 Å². The third-order valence-electron chi connectivity index (χ3n) is 3.16. The van der Waals surface area contributed by atoms with Crippen LogP contribution in [0.3, 0.4) is 0 Å². The van der Waals surface area contributed by atoms with Gasteiger partial charge in [-0.15, -0.1) is 0 Å². The molecule has 3 aromatic rings. The molecule has 2 aromatic carbocycles. The van der Waals surface area contributed by atoms with Crippen molar-refractivity contribution >= 4 is 34.3 Å². The van der Waals surface area contributed by atoms with Crippen LogP contribution in [0.25, 0.3) is 10.9 Å². The highest BCUT2D eigenvalue weighted by molar-refractivity contribution is 7.99. The second-order valence-corrected chi connectivity index (χ2v) is 6.13. The molecule has 3 rings (SSSR count). The molecule has 0 aliphatic carbocycles. The van der Waals surface area contributed by atoms with Crippen molar-refractivity contribution in [1.29, 1.82) is 0 Å². The van der Waals surface area contributed by atoms with Gasteiger partial charge in [-0.2, -0.15) is 0 Å². The molecule has 0 aliphatic heterocycles. The van der Waals surface area contributed by atoms with Gasteiger partial charge in [0.2, 0.25) is 0 Å². The van der Waals surface area contributed by atoms with Crippen LogP contribution in [-0.2, 0) is 6.42 Å². The van der Waals surface area contributed by atoms with E-state index in [0.717, 1.165) is 22.0 Å². The van der Waals surface area contributed by atoms with Gasteiger partial charge in [0.1, 0.15) is 0 Å². The summed E-state index contributed by atoms with van der Waals surface area (Å²) in [5.74, 6) is 0. The third kappa shape index (κ3) is 2.85. The fourth-order valence-corrected chi connectivity index (χ4v) is 3.43. The number of benzene rings is 2. The Kier molecular flexibility index (Phi) is 4.01. The van der Waals surface area contributed by atoms with Crippen LogP contribution in [0.15, 0.2) is 58.5 Å². The fourth-order valence-electron chi connectivity index (χ4n) is 2.22. The highest BCUT2D eigenvalue weighted by Gasteiger charge is 2.07. The van der Waals surface area contributed by atoms with Gasteiger partial charge in [0.25, 0.3) is 0 Å². The normalized spacial score (nSPS) is 11.1. The van der Waals surface area contributed by atoms with Crippen molar-refractivity contribution in [3.8, 4) is 0 Å². The molecule has 20 heavy (non-hydrogen) atoms. The predicted molar refractivity (Wildman–Crippen MR) is 86.6 cm³/mol. The summed E-state index contributed by atoms with van der Waals surface area (Å²) in [5.41, 5.74) is 8.03. The SMILES string of the molecule is NCCc1cc(Cl)ccc1Sc1cc2ccccc2[nH]1. The number of para-hydroxylation sites is 1. The second kappa shape index (κ2) is 5.92. The highest BCUT2D eigenvalue weighted by Crippen LogP contribution is 2.33. The smallest absolute Gasteiger partial charge is 0.0780 e. The van der Waals surface area contributed by atoms with Gasteiger partial charge in [0.05, 0.1) is 5.03 Å². The van der Waals surface area contributed by atoms with Crippen molar-refractivity contribution in [2.24, 2.45) is 5.73 Å². The van der Waals surface area contributed by atoms with Crippen LogP contribution in [-0.4, -0.2) is 11.5 Å². The molecule has 0 aliphatic rings. The first-order valence-corrected chi connectivity index (χ1v) is 7.70. The maximum Gasteiger partial charge on any atom is 0.0780 e. The Balaban J connectivity index is 1.93. The lowest BCUT2D eigenvalue weighted by molar-refractivity contribution is 0.944. The summed E-state index contributed by atoms with van der Waals surface area (Å²) in [6, 6.07) is 16.4. The number of halogens is 1. The summed E-state index contributed by atoms with van der Waals surface area (Å²) in [7, 11) is 0. The van der Waals surface area contributed by atoms with Crippen molar-refractivity contribution < 1.29 is 0 Å². The monoisotopic (exact) mass is 302 g/mol. The molecule has 0 spiro atoms. The third-order valence-corrected chi connectivity index (χ3v) is 4.45. The van der Waals surface area contributed by atoms with Gasteiger partial charge in [-0.05, 0) is 48.9 Å². The van der Waals surface area contributed by atoms with E-state index in [1.807, 2.05) is 24.3 Å². The number of rotatable bonds is 4. The Morgan fingerprint density at radius 2 is 1.95 bits per heavy atom. The van der Waals surface area contributed by atoms with Gasteiger partial charge in [0.15, 0.2) is 0 Å². The Hall–Kier alpha value is -1.42. The van der Waals surface area contributed by atoms with E-state index in [-0.39, 0.29) is 0 Å². The zero-order valence-electron chi connectivity index (χ0n) is 10.9. The average Bonchev–Trinajstić information content (AvgIpc) is 2.84. The van der Waals surface area contributed by atoms with Gasteiger partial charge >= 0.3 is 0 Å². The largest absolute Gasteiger partial charge is 0.349 e. The van der Waals surface area contributed by atoms with Crippen LogP contribution in [0.4, 0.5) is 0 Å². The van der Waals surface area contributed by atoms with E-state index >= 15 is 0 Å². The molecular weight excluding hydrogens is 288 g/mol. The number of hydrogen-bond donors (Lipinski definition) is 2.